The molecule has 4 amide bonds. The third-order valence-corrected chi connectivity index (χ3v) is 12.1. The average Bonchev–Trinajstić information content (AvgIpc) is 4.03. The van der Waals surface area contributed by atoms with E-state index in [1.54, 1.807) is 20.7 Å². The number of piperidine rings is 2. The molecule has 15 nitrogen and oxygen atoms in total. The molecule has 5 N–H and O–H groups in total. The lowest BCUT2D eigenvalue weighted by molar-refractivity contribution is -0.147. The van der Waals surface area contributed by atoms with Crippen LogP contribution >= 0.6 is 0 Å². The normalized spacial score (nSPS) is 23.8. The first-order valence-electron chi connectivity index (χ1n) is 20.5. The van der Waals surface area contributed by atoms with Crippen molar-refractivity contribution in [2.75, 3.05) is 44.0 Å². The molecule has 0 saturated carbocycles. The summed E-state index contributed by atoms with van der Waals surface area (Å²) in [6.45, 7) is 7.30. The van der Waals surface area contributed by atoms with Gasteiger partial charge in [-0.15, -0.1) is 0 Å². The lowest BCUT2D eigenvalue weighted by Gasteiger charge is -2.39. The zero-order valence-electron chi connectivity index (χ0n) is 33.2. The van der Waals surface area contributed by atoms with E-state index in [1.165, 1.54) is 11.8 Å². The van der Waals surface area contributed by atoms with Gasteiger partial charge in [0.2, 0.25) is 0 Å². The molecule has 0 aliphatic carbocycles. The smallest absolute Gasteiger partial charge is 0.314 e. The Balaban J connectivity index is 0.000000189. The van der Waals surface area contributed by atoms with Gasteiger partial charge in [-0.25, -0.2) is 9.67 Å². The van der Waals surface area contributed by atoms with Crippen LogP contribution in [0.5, 0.6) is 11.5 Å². The van der Waals surface area contributed by atoms with Crippen LogP contribution in [0.1, 0.15) is 99.4 Å². The second-order valence-electron chi connectivity index (χ2n) is 16.2. The average molecular weight is 793 g/mol. The van der Waals surface area contributed by atoms with Gasteiger partial charge in [0.1, 0.15) is 29.1 Å². The maximum Gasteiger partial charge on any atom is 0.314 e. The van der Waals surface area contributed by atoms with Crippen LogP contribution in [0.15, 0.2) is 48.8 Å². The third kappa shape index (κ3) is 7.79. The summed E-state index contributed by atoms with van der Waals surface area (Å²) < 4.78 is 18.9. The highest BCUT2D eigenvalue weighted by molar-refractivity contribution is 6.40. The molecule has 5 aliphatic heterocycles. The van der Waals surface area contributed by atoms with E-state index in [2.05, 4.69) is 35.3 Å². The molecule has 58 heavy (non-hydrogen) atoms. The Kier molecular flexibility index (Phi) is 11.2. The van der Waals surface area contributed by atoms with Crippen molar-refractivity contribution in [3.05, 3.63) is 71.0 Å². The van der Waals surface area contributed by atoms with E-state index in [0.29, 0.717) is 67.2 Å². The molecule has 9 rings (SSSR count). The number of ether oxygens (including phenoxy) is 3. The topological polar surface area (TPSA) is 197 Å². The number of carbonyl (C=O) groups excluding carboxylic acids is 4. The number of nitrogens with zero attached hydrogens (tertiary/aromatic N) is 5. The van der Waals surface area contributed by atoms with E-state index in [0.717, 1.165) is 86.0 Å². The summed E-state index contributed by atoms with van der Waals surface area (Å²) in [5, 5.41) is 8.04. The first-order chi connectivity index (χ1) is 28.1. The van der Waals surface area contributed by atoms with Crippen molar-refractivity contribution in [2.45, 2.75) is 89.9 Å². The molecule has 0 radical (unpaired) electrons. The van der Waals surface area contributed by atoms with Gasteiger partial charge in [0.15, 0.2) is 0 Å². The van der Waals surface area contributed by atoms with Crippen molar-refractivity contribution in [3.63, 3.8) is 0 Å². The van der Waals surface area contributed by atoms with Gasteiger partial charge in [0, 0.05) is 49.9 Å². The monoisotopic (exact) mass is 792 g/mol. The molecular formula is C43H52N8O7. The van der Waals surface area contributed by atoms with Crippen molar-refractivity contribution in [2.24, 2.45) is 17.6 Å². The maximum atomic E-state index is 13.6. The highest BCUT2D eigenvalue weighted by atomic mass is 16.5. The second kappa shape index (κ2) is 16.6. The van der Waals surface area contributed by atoms with E-state index in [-0.39, 0.29) is 18.3 Å². The number of hydrogen-bond acceptors (Lipinski definition) is 10. The number of anilines is 2. The SMILES string of the molecule is CC1CCC(c2cccc3c2CCO3)N(C(=O)C(=O)Nc2cnc(N)c3cn(C4CCCCO4)nc23)C1.CC1CCC(c2cccc3c2CCO3)N(C(=O)C(N)=O)C1. The molecule has 7 heterocycles. The maximum absolute atomic E-state index is 13.6. The van der Waals surface area contributed by atoms with Crippen LogP contribution in [0.25, 0.3) is 10.9 Å². The summed E-state index contributed by atoms with van der Waals surface area (Å²) in [7, 11) is 0. The summed E-state index contributed by atoms with van der Waals surface area (Å²) in [4.78, 5) is 58.0. The predicted molar refractivity (Wildman–Crippen MR) is 216 cm³/mol. The Morgan fingerprint density at radius 1 is 0.776 bits per heavy atom. The Morgan fingerprint density at radius 3 is 1.95 bits per heavy atom. The molecule has 5 atom stereocenters. The number of amides is 4. The van der Waals surface area contributed by atoms with Gasteiger partial charge in [0.25, 0.3) is 0 Å². The van der Waals surface area contributed by atoms with E-state index < -0.39 is 23.6 Å². The number of hydrogen-bond donors (Lipinski definition) is 3. The number of fused-ring (bicyclic) bond motifs is 3. The molecule has 15 heteroatoms. The third-order valence-electron chi connectivity index (χ3n) is 12.1. The molecule has 2 aromatic carbocycles. The minimum Gasteiger partial charge on any atom is -0.493 e. The molecule has 306 valence electrons. The summed E-state index contributed by atoms with van der Waals surface area (Å²) in [5.41, 5.74) is 16.7. The van der Waals surface area contributed by atoms with Gasteiger partial charge in [0.05, 0.1) is 42.6 Å². The molecule has 5 aliphatic rings. The second-order valence-corrected chi connectivity index (χ2v) is 16.2. The largest absolute Gasteiger partial charge is 0.493 e. The van der Waals surface area contributed by atoms with Crippen LogP contribution in [-0.4, -0.2) is 81.1 Å². The molecule has 3 saturated heterocycles. The fourth-order valence-corrected chi connectivity index (χ4v) is 9.18. The van der Waals surface area contributed by atoms with E-state index in [1.807, 2.05) is 30.3 Å². The molecular weight excluding hydrogens is 741 g/mol. The van der Waals surface area contributed by atoms with Gasteiger partial charge in [-0.3, -0.25) is 19.2 Å². The summed E-state index contributed by atoms with van der Waals surface area (Å²) in [6, 6.07) is 11.7. The minimum atomic E-state index is -0.877. The first kappa shape index (κ1) is 39.1. The van der Waals surface area contributed by atoms with Crippen LogP contribution in [-0.2, 0) is 36.8 Å². The number of carbonyl (C=O) groups is 4. The number of nitrogen functional groups attached to an aromatic ring is 1. The van der Waals surface area contributed by atoms with E-state index in [9.17, 15) is 19.2 Å². The fourth-order valence-electron chi connectivity index (χ4n) is 9.18. The molecule has 3 fully saturated rings. The number of aromatic nitrogens is 3. The Hall–Kier alpha value is -5.70. The number of pyridine rings is 1. The van der Waals surface area contributed by atoms with E-state index in [4.69, 9.17) is 25.7 Å². The zero-order chi connectivity index (χ0) is 40.5. The van der Waals surface area contributed by atoms with Crippen molar-refractivity contribution >= 4 is 46.0 Å². The quantitative estimate of drug-likeness (QED) is 0.237. The van der Waals surface area contributed by atoms with Gasteiger partial charge >= 0.3 is 23.6 Å². The lowest BCUT2D eigenvalue weighted by atomic mass is 9.87. The standard InChI is InChI=1S/C27H32N6O4.C16H20N2O3/c1-16-8-9-21(17-5-4-6-22-18(17)10-12-36-22)32(14-16)27(35)26(34)30-20-13-29-25(28)19-15-33(31-24(19)20)23-7-2-3-11-37-23;1-10-5-6-13(18(9-10)16(20)15(17)19)11-3-2-4-14-12(11)7-8-21-14/h4-6,13,15-16,21,23H,2-3,7-12,14H2,1H3,(H2,28,29)(H,30,34);2-4,10,13H,5-9H2,1H3,(H2,17,19). The Labute approximate surface area is 337 Å². The highest BCUT2D eigenvalue weighted by Gasteiger charge is 2.38. The lowest BCUT2D eigenvalue weighted by Crippen LogP contribution is -2.47. The number of likely N-dealkylation sites (tertiary alicyclic amines) is 2. The van der Waals surface area contributed by atoms with Crippen LogP contribution in [0.3, 0.4) is 0 Å². The van der Waals surface area contributed by atoms with Crippen LogP contribution in [0.2, 0.25) is 0 Å². The number of nitrogens with two attached hydrogens (primary N) is 2. The van der Waals surface area contributed by atoms with Gasteiger partial charge < -0.3 is 40.8 Å². The van der Waals surface area contributed by atoms with Crippen molar-refractivity contribution in [1.29, 1.82) is 0 Å². The number of primary amides is 1. The van der Waals surface area contributed by atoms with Crippen molar-refractivity contribution in [1.82, 2.24) is 24.6 Å². The van der Waals surface area contributed by atoms with E-state index >= 15 is 0 Å². The molecule has 2 aromatic heterocycles. The van der Waals surface area contributed by atoms with Crippen LogP contribution < -0.4 is 26.3 Å². The molecule has 5 unspecified atom stereocenters. The van der Waals surface area contributed by atoms with Gasteiger partial charge in [-0.2, -0.15) is 5.10 Å². The van der Waals surface area contributed by atoms with Crippen molar-refractivity contribution in [3.8, 4) is 11.5 Å². The number of nitrogens with one attached hydrogen (secondary N) is 1. The molecule has 4 aromatic rings. The molecule has 0 bridgehead atoms. The van der Waals surface area contributed by atoms with Crippen LogP contribution in [0, 0.1) is 11.8 Å². The summed E-state index contributed by atoms with van der Waals surface area (Å²) >= 11 is 0. The molecule has 0 spiro atoms. The van der Waals surface area contributed by atoms with Gasteiger partial charge in [-0.1, -0.05) is 38.1 Å². The Bertz CT molecular complexity index is 2220. The Morgan fingerprint density at radius 2 is 1.38 bits per heavy atom. The predicted octanol–water partition coefficient (Wildman–Crippen LogP) is 4.99. The highest BCUT2D eigenvalue weighted by Crippen LogP contribution is 2.41. The number of rotatable bonds is 4. The first-order valence-corrected chi connectivity index (χ1v) is 20.5. The summed E-state index contributed by atoms with van der Waals surface area (Å²) in [6.07, 6.45) is 11.4. The summed E-state index contributed by atoms with van der Waals surface area (Å²) in [5.74, 6) is 0.0490. The minimum absolute atomic E-state index is 0.0714. The van der Waals surface area contributed by atoms with Gasteiger partial charge in [-0.05, 0) is 80.0 Å². The number of benzene rings is 2. The van der Waals surface area contributed by atoms with Crippen LogP contribution in [0.4, 0.5) is 11.5 Å². The fraction of sp³-hybridized carbons (Fsp3) is 0.488. The van der Waals surface area contributed by atoms with Crippen molar-refractivity contribution < 1.29 is 33.4 Å². The zero-order valence-corrected chi connectivity index (χ0v) is 33.2.